The van der Waals surface area contributed by atoms with Crippen molar-refractivity contribution in [3.63, 3.8) is 0 Å². The normalized spacial score (nSPS) is 19.6. The second-order valence-corrected chi connectivity index (χ2v) is 6.41. The summed E-state index contributed by atoms with van der Waals surface area (Å²) in [5.41, 5.74) is 3.75. The SMILES string of the molecule is CCNCC1CCc2nc(C(OC)C(C)C)nc(C)c2C1. The molecule has 0 amide bonds. The Labute approximate surface area is 128 Å². The average Bonchev–Trinajstić information content (AvgIpc) is 2.46. The van der Waals surface area contributed by atoms with E-state index in [2.05, 4.69) is 33.0 Å². The van der Waals surface area contributed by atoms with Gasteiger partial charge in [-0.1, -0.05) is 20.8 Å². The van der Waals surface area contributed by atoms with E-state index in [1.165, 1.54) is 17.7 Å². The van der Waals surface area contributed by atoms with Gasteiger partial charge in [0, 0.05) is 18.5 Å². The van der Waals surface area contributed by atoms with Gasteiger partial charge in [-0.25, -0.2) is 9.97 Å². The predicted molar refractivity (Wildman–Crippen MR) is 85.4 cm³/mol. The van der Waals surface area contributed by atoms with Crippen LogP contribution in [0.1, 0.15) is 56.1 Å². The molecule has 0 aliphatic heterocycles. The number of aryl methyl sites for hydroxylation is 2. The maximum atomic E-state index is 5.58. The second-order valence-electron chi connectivity index (χ2n) is 6.41. The van der Waals surface area contributed by atoms with Gasteiger partial charge in [0.1, 0.15) is 6.10 Å². The molecule has 1 heterocycles. The van der Waals surface area contributed by atoms with Crippen molar-refractivity contribution < 1.29 is 4.74 Å². The lowest BCUT2D eigenvalue weighted by Crippen LogP contribution is -2.29. The number of ether oxygens (including phenoxy) is 1. The molecule has 118 valence electrons. The van der Waals surface area contributed by atoms with E-state index in [0.717, 1.165) is 37.4 Å². The molecule has 0 saturated carbocycles. The molecule has 1 aliphatic carbocycles. The van der Waals surface area contributed by atoms with Crippen LogP contribution < -0.4 is 5.32 Å². The summed E-state index contributed by atoms with van der Waals surface area (Å²) < 4.78 is 5.58. The summed E-state index contributed by atoms with van der Waals surface area (Å²) in [7, 11) is 1.75. The molecule has 1 aliphatic rings. The van der Waals surface area contributed by atoms with Crippen LogP contribution in [0.25, 0.3) is 0 Å². The first-order chi connectivity index (χ1) is 10.1. The molecule has 0 saturated heterocycles. The van der Waals surface area contributed by atoms with Gasteiger partial charge >= 0.3 is 0 Å². The van der Waals surface area contributed by atoms with Crippen LogP contribution in [-0.2, 0) is 17.6 Å². The molecule has 1 N–H and O–H groups in total. The Morgan fingerprint density at radius 2 is 2.10 bits per heavy atom. The third kappa shape index (κ3) is 3.80. The number of aromatic nitrogens is 2. The first-order valence-electron chi connectivity index (χ1n) is 8.16. The van der Waals surface area contributed by atoms with Crippen molar-refractivity contribution in [2.45, 2.75) is 53.1 Å². The van der Waals surface area contributed by atoms with E-state index in [-0.39, 0.29) is 6.10 Å². The molecular formula is C17H29N3O. The number of nitrogens with zero attached hydrogens (tertiary/aromatic N) is 2. The minimum atomic E-state index is -0.00604. The lowest BCUT2D eigenvalue weighted by molar-refractivity contribution is 0.0570. The van der Waals surface area contributed by atoms with Crippen molar-refractivity contribution in [1.29, 1.82) is 0 Å². The predicted octanol–water partition coefficient (Wildman–Crippen LogP) is 2.84. The molecule has 1 aromatic rings. The van der Waals surface area contributed by atoms with Gasteiger partial charge in [-0.2, -0.15) is 0 Å². The van der Waals surface area contributed by atoms with Crippen LogP contribution in [0.4, 0.5) is 0 Å². The largest absolute Gasteiger partial charge is 0.373 e. The molecule has 2 rings (SSSR count). The van der Waals surface area contributed by atoms with E-state index in [1.807, 2.05) is 0 Å². The van der Waals surface area contributed by atoms with E-state index in [0.29, 0.717) is 11.8 Å². The zero-order chi connectivity index (χ0) is 15.4. The van der Waals surface area contributed by atoms with Gasteiger partial charge in [0.2, 0.25) is 0 Å². The first kappa shape index (κ1) is 16.4. The monoisotopic (exact) mass is 291 g/mol. The molecular weight excluding hydrogens is 262 g/mol. The van der Waals surface area contributed by atoms with Crippen molar-refractivity contribution >= 4 is 0 Å². The molecule has 0 aromatic carbocycles. The fourth-order valence-corrected chi connectivity index (χ4v) is 3.21. The molecule has 2 atom stereocenters. The van der Waals surface area contributed by atoms with Crippen LogP contribution >= 0.6 is 0 Å². The van der Waals surface area contributed by atoms with Crippen LogP contribution in [0.2, 0.25) is 0 Å². The number of hydrogen-bond acceptors (Lipinski definition) is 4. The summed E-state index contributed by atoms with van der Waals surface area (Å²) in [6, 6.07) is 0. The number of fused-ring (bicyclic) bond motifs is 1. The zero-order valence-corrected chi connectivity index (χ0v) is 14.1. The van der Waals surface area contributed by atoms with Crippen molar-refractivity contribution in [2.24, 2.45) is 11.8 Å². The van der Waals surface area contributed by atoms with Gasteiger partial charge in [-0.05, 0) is 56.7 Å². The fourth-order valence-electron chi connectivity index (χ4n) is 3.21. The van der Waals surface area contributed by atoms with Gasteiger partial charge in [0.25, 0.3) is 0 Å². The van der Waals surface area contributed by atoms with E-state index >= 15 is 0 Å². The topological polar surface area (TPSA) is 47.0 Å². The lowest BCUT2D eigenvalue weighted by Gasteiger charge is -2.27. The van der Waals surface area contributed by atoms with Gasteiger partial charge in [0.15, 0.2) is 5.82 Å². The summed E-state index contributed by atoms with van der Waals surface area (Å²) in [5, 5.41) is 3.46. The molecule has 0 fully saturated rings. The number of rotatable bonds is 6. The molecule has 4 nitrogen and oxygen atoms in total. The standard InChI is InChI=1S/C17H29N3O/c1-6-18-10-13-7-8-15-14(9-13)12(4)19-17(20-15)16(21-5)11(2)3/h11,13,16,18H,6-10H2,1-5H3. The van der Waals surface area contributed by atoms with Crippen LogP contribution in [0.15, 0.2) is 0 Å². The fraction of sp³-hybridized carbons (Fsp3) is 0.765. The van der Waals surface area contributed by atoms with Crippen LogP contribution in [0.3, 0.4) is 0 Å². The maximum Gasteiger partial charge on any atom is 0.157 e. The minimum Gasteiger partial charge on any atom is -0.373 e. The van der Waals surface area contributed by atoms with Crippen LogP contribution in [-0.4, -0.2) is 30.2 Å². The highest BCUT2D eigenvalue weighted by Crippen LogP contribution is 2.29. The van der Waals surface area contributed by atoms with Crippen molar-refractivity contribution in [1.82, 2.24) is 15.3 Å². The van der Waals surface area contributed by atoms with E-state index in [4.69, 9.17) is 14.7 Å². The first-order valence-corrected chi connectivity index (χ1v) is 8.16. The third-order valence-corrected chi connectivity index (χ3v) is 4.40. The Bertz CT molecular complexity index is 473. The summed E-state index contributed by atoms with van der Waals surface area (Å²) in [4.78, 5) is 9.56. The summed E-state index contributed by atoms with van der Waals surface area (Å²) >= 11 is 0. The Balaban J connectivity index is 2.21. The minimum absolute atomic E-state index is 0.00604. The van der Waals surface area contributed by atoms with Gasteiger partial charge in [0.05, 0.1) is 0 Å². The van der Waals surface area contributed by atoms with Gasteiger partial charge in [-0.3, -0.25) is 0 Å². The third-order valence-electron chi connectivity index (χ3n) is 4.40. The smallest absolute Gasteiger partial charge is 0.157 e. The lowest BCUT2D eigenvalue weighted by atomic mass is 9.85. The van der Waals surface area contributed by atoms with Crippen molar-refractivity contribution in [3.05, 3.63) is 22.8 Å². The highest BCUT2D eigenvalue weighted by molar-refractivity contribution is 5.28. The van der Waals surface area contributed by atoms with Crippen molar-refractivity contribution in [3.8, 4) is 0 Å². The zero-order valence-electron chi connectivity index (χ0n) is 14.1. The molecule has 4 heteroatoms. The van der Waals surface area contributed by atoms with E-state index in [9.17, 15) is 0 Å². The Morgan fingerprint density at radius 3 is 2.71 bits per heavy atom. The highest BCUT2D eigenvalue weighted by atomic mass is 16.5. The highest BCUT2D eigenvalue weighted by Gasteiger charge is 2.25. The van der Waals surface area contributed by atoms with E-state index < -0.39 is 0 Å². The number of methoxy groups -OCH3 is 1. The van der Waals surface area contributed by atoms with Gasteiger partial charge < -0.3 is 10.1 Å². The maximum absolute atomic E-state index is 5.58. The van der Waals surface area contributed by atoms with Crippen LogP contribution in [0.5, 0.6) is 0 Å². The van der Waals surface area contributed by atoms with Gasteiger partial charge in [-0.15, -0.1) is 0 Å². The molecule has 1 aromatic heterocycles. The average molecular weight is 291 g/mol. The Morgan fingerprint density at radius 1 is 1.33 bits per heavy atom. The van der Waals surface area contributed by atoms with Crippen LogP contribution in [0, 0.1) is 18.8 Å². The molecule has 0 spiro atoms. The quantitative estimate of drug-likeness (QED) is 0.875. The molecule has 0 bridgehead atoms. The summed E-state index contributed by atoms with van der Waals surface area (Å²) in [5.74, 6) is 1.96. The summed E-state index contributed by atoms with van der Waals surface area (Å²) in [6.45, 7) is 10.7. The summed E-state index contributed by atoms with van der Waals surface area (Å²) in [6.07, 6.45) is 3.38. The molecule has 21 heavy (non-hydrogen) atoms. The van der Waals surface area contributed by atoms with Crippen molar-refractivity contribution in [2.75, 3.05) is 20.2 Å². The number of hydrogen-bond donors (Lipinski definition) is 1. The number of nitrogens with one attached hydrogen (secondary N) is 1. The molecule has 0 radical (unpaired) electrons. The Hall–Kier alpha value is -1.00. The second kappa shape index (κ2) is 7.32. The van der Waals surface area contributed by atoms with E-state index in [1.54, 1.807) is 7.11 Å². The Kier molecular flexibility index (Phi) is 5.71. The molecule has 2 unspecified atom stereocenters.